The molecule has 1 aliphatic rings. The van der Waals surface area contributed by atoms with E-state index >= 15 is 0 Å². The zero-order valence-electron chi connectivity index (χ0n) is 15.0. The molecular weight excluding hydrogens is 383 g/mol. The minimum atomic E-state index is -0.714. The van der Waals surface area contributed by atoms with E-state index in [1.165, 1.54) is 34.7 Å². The number of thiophene rings is 1. The van der Waals surface area contributed by atoms with Gasteiger partial charge in [-0.1, -0.05) is 19.1 Å². The molecular formula is C20H21FN2O2S2. The normalized spacial score (nSPS) is 17.7. The summed E-state index contributed by atoms with van der Waals surface area (Å²) in [6, 6.07) is 6.21. The van der Waals surface area contributed by atoms with Gasteiger partial charge in [0.05, 0.1) is 6.10 Å². The van der Waals surface area contributed by atoms with Gasteiger partial charge in [0.15, 0.2) is 11.6 Å². The Kier molecular flexibility index (Phi) is 5.61. The summed E-state index contributed by atoms with van der Waals surface area (Å²) < 4.78 is 19.0. The number of aliphatic hydroxyl groups is 1. The molecule has 0 unspecified atom stereocenters. The maximum absolute atomic E-state index is 13.6. The molecule has 0 amide bonds. The zero-order chi connectivity index (χ0) is 18.8. The highest BCUT2D eigenvalue weighted by Crippen LogP contribution is 2.40. The molecule has 0 saturated carbocycles. The Bertz CT molecular complexity index is 947. The van der Waals surface area contributed by atoms with Crippen LogP contribution in [0.25, 0.3) is 10.2 Å². The Labute approximate surface area is 165 Å². The third kappa shape index (κ3) is 4.10. The highest BCUT2D eigenvalue weighted by atomic mass is 32.2. The van der Waals surface area contributed by atoms with Crippen LogP contribution in [0.4, 0.5) is 4.39 Å². The summed E-state index contributed by atoms with van der Waals surface area (Å²) in [5.41, 5.74) is 1.38. The van der Waals surface area contributed by atoms with Crippen LogP contribution < -0.4 is 4.74 Å². The first-order valence-electron chi connectivity index (χ1n) is 9.05. The van der Waals surface area contributed by atoms with E-state index in [1.54, 1.807) is 35.9 Å². The molecule has 142 valence electrons. The van der Waals surface area contributed by atoms with E-state index in [2.05, 4.69) is 16.9 Å². The Hall–Kier alpha value is -1.70. The number of aromatic nitrogens is 2. The van der Waals surface area contributed by atoms with Crippen molar-refractivity contribution in [2.24, 2.45) is 5.92 Å². The molecule has 27 heavy (non-hydrogen) atoms. The van der Waals surface area contributed by atoms with Gasteiger partial charge < -0.3 is 9.84 Å². The SMILES string of the molecule is C[C@@H]1CCc2c(sc3ncnc(SC[C@@H](O)COc4ccccc4F)c23)C1. The summed E-state index contributed by atoms with van der Waals surface area (Å²) in [6.07, 6.45) is 4.25. The first kappa shape index (κ1) is 18.7. The molecule has 0 spiro atoms. The largest absolute Gasteiger partial charge is 0.488 e. The molecule has 1 aliphatic carbocycles. The Morgan fingerprint density at radius 3 is 3.07 bits per heavy atom. The number of benzene rings is 1. The van der Waals surface area contributed by atoms with Gasteiger partial charge in [-0.2, -0.15) is 0 Å². The molecule has 0 saturated heterocycles. The van der Waals surface area contributed by atoms with Crippen molar-refractivity contribution >= 4 is 33.3 Å². The van der Waals surface area contributed by atoms with Crippen LogP contribution in [0.3, 0.4) is 0 Å². The lowest BCUT2D eigenvalue weighted by Crippen LogP contribution is -2.20. The van der Waals surface area contributed by atoms with Gasteiger partial charge >= 0.3 is 0 Å². The summed E-state index contributed by atoms with van der Waals surface area (Å²) in [5, 5.41) is 12.3. The van der Waals surface area contributed by atoms with Gasteiger partial charge in [0.2, 0.25) is 0 Å². The fourth-order valence-electron chi connectivity index (χ4n) is 3.33. The minimum Gasteiger partial charge on any atom is -0.488 e. The average molecular weight is 405 g/mol. The lowest BCUT2D eigenvalue weighted by atomic mass is 9.89. The van der Waals surface area contributed by atoms with Crippen LogP contribution in [0.1, 0.15) is 23.8 Å². The highest BCUT2D eigenvalue weighted by molar-refractivity contribution is 7.99. The molecule has 4 rings (SSSR count). The molecule has 7 heteroatoms. The smallest absolute Gasteiger partial charge is 0.165 e. The molecule has 0 fully saturated rings. The topological polar surface area (TPSA) is 55.2 Å². The van der Waals surface area contributed by atoms with Crippen molar-refractivity contribution in [2.45, 2.75) is 37.3 Å². The van der Waals surface area contributed by atoms with E-state index in [4.69, 9.17) is 4.74 Å². The number of para-hydroxylation sites is 1. The Balaban J connectivity index is 1.44. The van der Waals surface area contributed by atoms with E-state index < -0.39 is 11.9 Å². The summed E-state index contributed by atoms with van der Waals surface area (Å²) in [4.78, 5) is 11.4. The van der Waals surface area contributed by atoms with E-state index in [-0.39, 0.29) is 12.4 Å². The molecule has 2 aromatic heterocycles. The van der Waals surface area contributed by atoms with Crippen LogP contribution in [-0.4, -0.2) is 33.5 Å². The number of hydrogen-bond donors (Lipinski definition) is 1. The molecule has 0 bridgehead atoms. The number of nitrogens with zero attached hydrogens (tertiary/aromatic N) is 2. The number of rotatable bonds is 6. The summed E-state index contributed by atoms with van der Waals surface area (Å²) >= 11 is 3.28. The van der Waals surface area contributed by atoms with Crippen LogP contribution >= 0.6 is 23.1 Å². The molecule has 2 atom stereocenters. The van der Waals surface area contributed by atoms with Crippen LogP contribution in [0, 0.1) is 11.7 Å². The second kappa shape index (κ2) is 8.12. The van der Waals surface area contributed by atoms with E-state index in [0.29, 0.717) is 11.7 Å². The summed E-state index contributed by atoms with van der Waals surface area (Å²) in [5.74, 6) is 0.884. The Morgan fingerprint density at radius 2 is 2.22 bits per heavy atom. The second-order valence-corrected chi connectivity index (χ2v) is 9.01. The van der Waals surface area contributed by atoms with Gasteiger partial charge in [0.25, 0.3) is 0 Å². The van der Waals surface area contributed by atoms with Gasteiger partial charge in [0, 0.05) is 16.0 Å². The lowest BCUT2D eigenvalue weighted by Gasteiger charge is -2.18. The van der Waals surface area contributed by atoms with Gasteiger partial charge in [-0.05, 0) is 42.9 Å². The van der Waals surface area contributed by atoms with Crippen molar-refractivity contribution in [3.63, 3.8) is 0 Å². The van der Waals surface area contributed by atoms with Gasteiger partial charge in [-0.3, -0.25) is 0 Å². The maximum atomic E-state index is 13.6. The summed E-state index contributed by atoms with van der Waals surface area (Å²) in [7, 11) is 0. The van der Waals surface area contributed by atoms with Crippen LogP contribution in [-0.2, 0) is 12.8 Å². The van der Waals surface area contributed by atoms with Gasteiger partial charge in [0.1, 0.15) is 22.8 Å². The van der Waals surface area contributed by atoms with E-state index in [1.807, 2.05) is 0 Å². The number of ether oxygens (including phenoxy) is 1. The van der Waals surface area contributed by atoms with Crippen molar-refractivity contribution in [1.82, 2.24) is 9.97 Å². The van der Waals surface area contributed by atoms with E-state index in [0.717, 1.165) is 28.1 Å². The molecule has 1 aromatic carbocycles. The monoisotopic (exact) mass is 404 g/mol. The highest BCUT2D eigenvalue weighted by Gasteiger charge is 2.23. The van der Waals surface area contributed by atoms with Crippen LogP contribution in [0.2, 0.25) is 0 Å². The zero-order valence-corrected chi connectivity index (χ0v) is 16.7. The van der Waals surface area contributed by atoms with Crippen molar-refractivity contribution in [1.29, 1.82) is 0 Å². The number of fused-ring (bicyclic) bond motifs is 3. The van der Waals surface area contributed by atoms with Gasteiger partial charge in [-0.15, -0.1) is 23.1 Å². The number of thioether (sulfide) groups is 1. The van der Waals surface area contributed by atoms with E-state index in [9.17, 15) is 9.50 Å². The number of aryl methyl sites for hydroxylation is 1. The number of halogens is 1. The van der Waals surface area contributed by atoms with Crippen molar-refractivity contribution in [2.75, 3.05) is 12.4 Å². The predicted molar refractivity (Wildman–Crippen MR) is 107 cm³/mol. The average Bonchev–Trinajstić information content (AvgIpc) is 3.03. The van der Waals surface area contributed by atoms with Crippen molar-refractivity contribution in [3.8, 4) is 5.75 Å². The lowest BCUT2D eigenvalue weighted by molar-refractivity contribution is 0.123. The molecule has 0 aliphatic heterocycles. The molecule has 2 heterocycles. The molecule has 0 radical (unpaired) electrons. The third-order valence-corrected chi connectivity index (χ3v) is 7.03. The van der Waals surface area contributed by atoms with Crippen LogP contribution in [0.5, 0.6) is 5.75 Å². The second-order valence-electron chi connectivity index (χ2n) is 6.92. The van der Waals surface area contributed by atoms with Crippen molar-refractivity contribution < 1.29 is 14.2 Å². The maximum Gasteiger partial charge on any atom is 0.165 e. The first-order valence-corrected chi connectivity index (χ1v) is 10.9. The number of hydrogen-bond acceptors (Lipinski definition) is 6. The molecule has 4 nitrogen and oxygen atoms in total. The molecule has 3 aromatic rings. The van der Waals surface area contributed by atoms with Gasteiger partial charge in [-0.25, -0.2) is 14.4 Å². The summed E-state index contributed by atoms with van der Waals surface area (Å²) in [6.45, 7) is 2.34. The van der Waals surface area contributed by atoms with Crippen LogP contribution in [0.15, 0.2) is 35.6 Å². The van der Waals surface area contributed by atoms with Crippen molar-refractivity contribution in [3.05, 3.63) is 46.9 Å². The predicted octanol–water partition coefficient (Wildman–Crippen LogP) is 4.49. The molecule has 1 N–H and O–H groups in total. The third-order valence-electron chi connectivity index (χ3n) is 4.74. The first-order chi connectivity index (χ1) is 13.1. The standard InChI is InChI=1S/C20H21FN2O2S2/c1-12-6-7-14-17(8-12)27-20-18(14)19(22-11-23-20)26-10-13(24)9-25-16-5-3-2-4-15(16)21/h2-5,11-13,24H,6-10H2,1H3/t12-,13+/m1/s1. The number of aliphatic hydroxyl groups excluding tert-OH is 1. The fourth-order valence-corrected chi connectivity index (χ4v) is 5.67. The fraction of sp³-hybridized carbons (Fsp3) is 0.400. The Morgan fingerprint density at radius 1 is 1.37 bits per heavy atom. The quantitative estimate of drug-likeness (QED) is 0.485. The minimum absolute atomic E-state index is 0.0431.